The summed E-state index contributed by atoms with van der Waals surface area (Å²) < 4.78 is 12.9. The van der Waals surface area contributed by atoms with E-state index < -0.39 is 23.1 Å². The first kappa shape index (κ1) is 9.97. The zero-order valence-electron chi connectivity index (χ0n) is 6.82. The number of carbonyl (C=O) groups is 2. The summed E-state index contributed by atoms with van der Waals surface area (Å²) >= 11 is 0. The molecular formula is C8H6FNO4. The van der Waals surface area contributed by atoms with Crippen LogP contribution in [0.1, 0.15) is 10.4 Å². The molecule has 1 aromatic carbocycles. The molecule has 0 aliphatic rings. The van der Waals surface area contributed by atoms with Crippen molar-refractivity contribution >= 4 is 18.1 Å². The number of aromatic hydroxyl groups is 1. The van der Waals surface area contributed by atoms with Crippen LogP contribution in [0.15, 0.2) is 12.1 Å². The third-order valence-corrected chi connectivity index (χ3v) is 1.56. The van der Waals surface area contributed by atoms with Crippen molar-refractivity contribution in [2.75, 3.05) is 5.32 Å². The highest BCUT2D eigenvalue weighted by atomic mass is 19.1. The molecule has 6 heteroatoms. The molecule has 0 spiro atoms. The second kappa shape index (κ2) is 3.73. The summed E-state index contributed by atoms with van der Waals surface area (Å²) in [5.41, 5.74) is -1.02. The SMILES string of the molecule is O=CNc1ccc(F)c(C(=O)O)c1O. The first-order valence-corrected chi connectivity index (χ1v) is 3.53. The number of halogens is 1. The van der Waals surface area contributed by atoms with Crippen LogP contribution >= 0.6 is 0 Å². The Morgan fingerprint density at radius 1 is 1.50 bits per heavy atom. The summed E-state index contributed by atoms with van der Waals surface area (Å²) in [5.74, 6) is -3.47. The van der Waals surface area contributed by atoms with Crippen LogP contribution in [0.4, 0.5) is 10.1 Å². The van der Waals surface area contributed by atoms with E-state index in [2.05, 4.69) is 0 Å². The minimum absolute atomic E-state index is 0.154. The van der Waals surface area contributed by atoms with Crippen molar-refractivity contribution < 1.29 is 24.2 Å². The van der Waals surface area contributed by atoms with Crippen molar-refractivity contribution in [3.63, 3.8) is 0 Å². The molecule has 1 aromatic rings. The summed E-state index contributed by atoms with van der Waals surface area (Å²) in [7, 11) is 0. The van der Waals surface area contributed by atoms with Gasteiger partial charge in [-0.15, -0.1) is 0 Å². The molecule has 3 N–H and O–H groups in total. The van der Waals surface area contributed by atoms with Gasteiger partial charge in [0.05, 0.1) is 5.69 Å². The number of rotatable bonds is 3. The lowest BCUT2D eigenvalue weighted by Gasteiger charge is -2.05. The Bertz CT molecular complexity index is 391. The molecule has 74 valence electrons. The van der Waals surface area contributed by atoms with Gasteiger partial charge in [0.15, 0.2) is 5.75 Å². The van der Waals surface area contributed by atoms with E-state index in [1.807, 2.05) is 5.32 Å². The lowest BCUT2D eigenvalue weighted by Crippen LogP contribution is -2.04. The van der Waals surface area contributed by atoms with Crippen LogP contribution < -0.4 is 5.32 Å². The van der Waals surface area contributed by atoms with Gasteiger partial charge >= 0.3 is 5.97 Å². The van der Waals surface area contributed by atoms with Gasteiger partial charge in [0.2, 0.25) is 6.41 Å². The Morgan fingerprint density at radius 2 is 2.14 bits per heavy atom. The number of anilines is 1. The third kappa shape index (κ3) is 1.63. The fraction of sp³-hybridized carbons (Fsp3) is 0. The predicted octanol–water partition coefficient (Wildman–Crippen LogP) is 0.798. The highest BCUT2D eigenvalue weighted by Crippen LogP contribution is 2.29. The molecule has 0 radical (unpaired) electrons. The summed E-state index contributed by atoms with van der Waals surface area (Å²) in [6.07, 6.45) is 0.249. The van der Waals surface area contributed by atoms with E-state index in [-0.39, 0.29) is 12.1 Å². The maximum Gasteiger partial charge on any atom is 0.342 e. The lowest BCUT2D eigenvalue weighted by molar-refractivity contribution is -0.105. The average molecular weight is 199 g/mol. The van der Waals surface area contributed by atoms with E-state index in [4.69, 9.17) is 5.11 Å². The molecule has 0 saturated heterocycles. The highest BCUT2D eigenvalue weighted by Gasteiger charge is 2.18. The zero-order chi connectivity index (χ0) is 10.7. The molecule has 0 aromatic heterocycles. The van der Waals surface area contributed by atoms with Crippen molar-refractivity contribution in [3.8, 4) is 5.75 Å². The Labute approximate surface area is 77.8 Å². The molecule has 0 unspecified atom stereocenters. The van der Waals surface area contributed by atoms with E-state index in [0.29, 0.717) is 0 Å². The normalized spacial score (nSPS) is 9.50. The average Bonchev–Trinajstić information content (AvgIpc) is 2.10. The molecular weight excluding hydrogens is 193 g/mol. The summed E-state index contributed by atoms with van der Waals surface area (Å²) in [5, 5.41) is 19.8. The molecule has 1 rings (SSSR count). The van der Waals surface area contributed by atoms with Crippen molar-refractivity contribution in [2.45, 2.75) is 0 Å². The number of aromatic carboxylic acids is 1. The standard InChI is InChI=1S/C8H6FNO4/c9-4-1-2-5(10-3-11)7(12)6(4)8(13)14/h1-3,12H,(H,10,11)(H,13,14). The van der Waals surface area contributed by atoms with Gasteiger partial charge in [-0.05, 0) is 12.1 Å². The van der Waals surface area contributed by atoms with Gasteiger partial charge in [0.1, 0.15) is 11.4 Å². The van der Waals surface area contributed by atoms with Crippen LogP contribution in [0.5, 0.6) is 5.75 Å². The van der Waals surface area contributed by atoms with Crippen LogP contribution in [0.3, 0.4) is 0 Å². The van der Waals surface area contributed by atoms with Crippen LogP contribution in [-0.2, 0) is 4.79 Å². The molecule has 0 fully saturated rings. The van der Waals surface area contributed by atoms with Gasteiger partial charge < -0.3 is 15.5 Å². The maximum atomic E-state index is 12.9. The third-order valence-electron chi connectivity index (χ3n) is 1.56. The largest absolute Gasteiger partial charge is 0.505 e. The molecule has 5 nitrogen and oxygen atoms in total. The van der Waals surface area contributed by atoms with Crippen molar-refractivity contribution in [2.24, 2.45) is 0 Å². The topological polar surface area (TPSA) is 86.6 Å². The number of hydrogen-bond acceptors (Lipinski definition) is 3. The Hall–Kier alpha value is -2.11. The first-order valence-electron chi connectivity index (χ1n) is 3.53. The summed E-state index contributed by atoms with van der Waals surface area (Å²) in [6, 6.07) is 1.90. The second-order valence-electron chi connectivity index (χ2n) is 2.39. The summed E-state index contributed by atoms with van der Waals surface area (Å²) in [6.45, 7) is 0. The van der Waals surface area contributed by atoms with Gasteiger partial charge in [0, 0.05) is 0 Å². The number of carbonyl (C=O) groups excluding carboxylic acids is 1. The first-order chi connectivity index (χ1) is 6.57. The minimum atomic E-state index is -1.60. The number of phenols is 1. The van der Waals surface area contributed by atoms with Crippen molar-refractivity contribution in [1.82, 2.24) is 0 Å². The van der Waals surface area contributed by atoms with E-state index in [0.717, 1.165) is 12.1 Å². The number of carboxylic acid groups (broad SMARTS) is 1. The molecule has 0 bridgehead atoms. The molecule has 14 heavy (non-hydrogen) atoms. The molecule has 0 saturated carbocycles. The molecule has 0 aliphatic carbocycles. The van der Waals surface area contributed by atoms with Crippen LogP contribution in [0, 0.1) is 5.82 Å². The quantitative estimate of drug-likeness (QED) is 0.496. The Balaban J connectivity index is 3.32. The Kier molecular flexibility index (Phi) is 2.66. The van der Waals surface area contributed by atoms with Gasteiger partial charge in [-0.3, -0.25) is 4.79 Å². The van der Waals surface area contributed by atoms with E-state index in [9.17, 15) is 19.1 Å². The van der Waals surface area contributed by atoms with Gasteiger partial charge in [-0.25, -0.2) is 9.18 Å². The molecule has 0 aliphatic heterocycles. The monoisotopic (exact) mass is 199 g/mol. The van der Waals surface area contributed by atoms with Crippen molar-refractivity contribution in [3.05, 3.63) is 23.5 Å². The number of benzene rings is 1. The van der Waals surface area contributed by atoms with Crippen LogP contribution in [0.25, 0.3) is 0 Å². The van der Waals surface area contributed by atoms with Crippen molar-refractivity contribution in [1.29, 1.82) is 0 Å². The fourth-order valence-electron chi connectivity index (χ4n) is 0.950. The molecule has 0 atom stereocenters. The van der Waals surface area contributed by atoms with E-state index >= 15 is 0 Å². The maximum absolute atomic E-state index is 12.9. The smallest absolute Gasteiger partial charge is 0.342 e. The van der Waals surface area contributed by atoms with Gasteiger partial charge in [0.25, 0.3) is 0 Å². The fourth-order valence-corrected chi connectivity index (χ4v) is 0.950. The predicted molar refractivity (Wildman–Crippen MR) is 44.7 cm³/mol. The number of hydrogen-bond donors (Lipinski definition) is 3. The summed E-state index contributed by atoms with van der Waals surface area (Å²) in [4.78, 5) is 20.5. The number of carboxylic acids is 1. The number of nitrogens with one attached hydrogen (secondary N) is 1. The zero-order valence-corrected chi connectivity index (χ0v) is 6.82. The Morgan fingerprint density at radius 3 is 2.64 bits per heavy atom. The second-order valence-corrected chi connectivity index (χ2v) is 2.39. The minimum Gasteiger partial charge on any atom is -0.505 e. The highest BCUT2D eigenvalue weighted by molar-refractivity contribution is 5.94. The lowest BCUT2D eigenvalue weighted by atomic mass is 10.1. The van der Waals surface area contributed by atoms with Gasteiger partial charge in [-0.1, -0.05) is 0 Å². The molecule has 1 amide bonds. The molecule has 0 heterocycles. The van der Waals surface area contributed by atoms with E-state index in [1.54, 1.807) is 0 Å². The number of amides is 1. The van der Waals surface area contributed by atoms with Crippen LogP contribution in [-0.4, -0.2) is 22.6 Å². The van der Waals surface area contributed by atoms with Gasteiger partial charge in [-0.2, -0.15) is 0 Å². The van der Waals surface area contributed by atoms with E-state index in [1.165, 1.54) is 0 Å². The van der Waals surface area contributed by atoms with Crippen LogP contribution in [0.2, 0.25) is 0 Å².